The predicted molar refractivity (Wildman–Crippen MR) is 112 cm³/mol. The fourth-order valence-electron chi connectivity index (χ4n) is 2.55. The van der Waals surface area contributed by atoms with Crippen molar-refractivity contribution in [3.8, 4) is 11.8 Å². The maximum atomic E-state index is 12.4. The molecule has 0 spiro atoms. The number of carbonyl (C=O) groups is 2. The molecule has 1 amide bonds. The molecule has 0 aliphatic carbocycles. The van der Waals surface area contributed by atoms with Crippen LogP contribution in [-0.4, -0.2) is 23.0 Å². The second kappa shape index (κ2) is 9.67. The molecule has 3 rings (SSSR count). The van der Waals surface area contributed by atoms with E-state index in [1.807, 2.05) is 18.4 Å². The first-order chi connectivity index (χ1) is 14.5. The van der Waals surface area contributed by atoms with Crippen LogP contribution in [0.1, 0.15) is 33.5 Å². The number of nitrogens with zero attached hydrogens (tertiary/aromatic N) is 2. The number of hydrogen-bond donors (Lipinski definition) is 1. The number of ether oxygens (including phenoxy) is 2. The highest BCUT2D eigenvalue weighted by molar-refractivity contribution is 7.09. The summed E-state index contributed by atoms with van der Waals surface area (Å²) in [6.07, 6.45) is -1.05. The van der Waals surface area contributed by atoms with Crippen LogP contribution < -0.4 is 10.1 Å². The zero-order valence-corrected chi connectivity index (χ0v) is 17.2. The SMILES string of the molecule is Cc1nc(COc2cccc(C(=O)OC(C)C(=O)Nc3ccccc3C#N)c2)cs1. The van der Waals surface area contributed by atoms with Gasteiger partial charge in [-0.3, -0.25) is 4.79 Å². The maximum absolute atomic E-state index is 12.4. The molecule has 0 fully saturated rings. The van der Waals surface area contributed by atoms with Gasteiger partial charge in [-0.1, -0.05) is 18.2 Å². The van der Waals surface area contributed by atoms with E-state index in [1.165, 1.54) is 18.3 Å². The van der Waals surface area contributed by atoms with Crippen LogP contribution in [0.2, 0.25) is 0 Å². The molecule has 3 aromatic rings. The van der Waals surface area contributed by atoms with E-state index < -0.39 is 18.0 Å². The lowest BCUT2D eigenvalue weighted by atomic mass is 10.2. The van der Waals surface area contributed by atoms with Gasteiger partial charge < -0.3 is 14.8 Å². The van der Waals surface area contributed by atoms with Gasteiger partial charge in [0.1, 0.15) is 18.4 Å². The number of hydrogen-bond acceptors (Lipinski definition) is 7. The lowest BCUT2D eigenvalue weighted by Crippen LogP contribution is -2.30. The number of amides is 1. The minimum Gasteiger partial charge on any atom is -0.487 e. The van der Waals surface area contributed by atoms with Crippen LogP contribution >= 0.6 is 11.3 Å². The Morgan fingerprint density at radius 2 is 2.03 bits per heavy atom. The van der Waals surface area contributed by atoms with E-state index in [4.69, 9.17) is 14.7 Å². The normalized spacial score (nSPS) is 11.2. The summed E-state index contributed by atoms with van der Waals surface area (Å²) in [6.45, 7) is 3.67. The summed E-state index contributed by atoms with van der Waals surface area (Å²) in [5.74, 6) is -0.686. The number of carbonyl (C=O) groups excluding carboxylic acids is 2. The van der Waals surface area contributed by atoms with Crippen molar-refractivity contribution in [3.05, 3.63) is 75.7 Å². The molecule has 0 bridgehead atoms. The molecule has 1 heterocycles. The van der Waals surface area contributed by atoms with Crippen molar-refractivity contribution in [1.82, 2.24) is 4.98 Å². The number of nitriles is 1. The molecule has 30 heavy (non-hydrogen) atoms. The molecule has 0 saturated carbocycles. The third-order valence-corrected chi connectivity index (χ3v) is 4.90. The summed E-state index contributed by atoms with van der Waals surface area (Å²) >= 11 is 1.54. The predicted octanol–water partition coefficient (Wildman–Crippen LogP) is 4.09. The summed E-state index contributed by atoms with van der Waals surface area (Å²) in [7, 11) is 0. The Balaban J connectivity index is 1.59. The first-order valence-electron chi connectivity index (χ1n) is 9.11. The molecule has 0 saturated heterocycles. The van der Waals surface area contributed by atoms with E-state index in [-0.39, 0.29) is 5.56 Å². The van der Waals surface area contributed by atoms with E-state index in [9.17, 15) is 9.59 Å². The maximum Gasteiger partial charge on any atom is 0.339 e. The van der Waals surface area contributed by atoms with Crippen molar-refractivity contribution < 1.29 is 19.1 Å². The van der Waals surface area contributed by atoms with E-state index in [1.54, 1.807) is 48.5 Å². The molecule has 2 aromatic carbocycles. The highest BCUT2D eigenvalue weighted by Gasteiger charge is 2.20. The molecular formula is C22H19N3O4S. The summed E-state index contributed by atoms with van der Waals surface area (Å²) in [5, 5.41) is 14.6. The van der Waals surface area contributed by atoms with E-state index in [0.29, 0.717) is 23.6 Å². The average molecular weight is 421 g/mol. The Hall–Kier alpha value is -3.70. The van der Waals surface area contributed by atoms with Crippen molar-refractivity contribution in [3.63, 3.8) is 0 Å². The van der Waals surface area contributed by atoms with Gasteiger partial charge in [0.25, 0.3) is 5.91 Å². The van der Waals surface area contributed by atoms with Crippen LogP contribution in [-0.2, 0) is 16.1 Å². The van der Waals surface area contributed by atoms with Gasteiger partial charge in [0.05, 0.1) is 27.5 Å². The summed E-state index contributed by atoms with van der Waals surface area (Å²) in [4.78, 5) is 29.1. The Morgan fingerprint density at radius 1 is 1.23 bits per heavy atom. The van der Waals surface area contributed by atoms with Gasteiger partial charge >= 0.3 is 5.97 Å². The zero-order chi connectivity index (χ0) is 21.5. The third kappa shape index (κ3) is 5.43. The number of thiazole rings is 1. The number of benzene rings is 2. The molecule has 1 atom stereocenters. The lowest BCUT2D eigenvalue weighted by molar-refractivity contribution is -0.123. The molecule has 1 aromatic heterocycles. The van der Waals surface area contributed by atoms with Gasteiger partial charge in [-0.25, -0.2) is 9.78 Å². The Kier molecular flexibility index (Phi) is 6.78. The van der Waals surface area contributed by atoms with Crippen molar-refractivity contribution in [1.29, 1.82) is 5.26 Å². The first-order valence-corrected chi connectivity index (χ1v) is 9.99. The van der Waals surface area contributed by atoms with Gasteiger partial charge in [0.15, 0.2) is 6.10 Å². The van der Waals surface area contributed by atoms with Crippen LogP contribution in [0, 0.1) is 18.3 Å². The monoisotopic (exact) mass is 421 g/mol. The highest BCUT2D eigenvalue weighted by Crippen LogP contribution is 2.18. The molecular weight excluding hydrogens is 402 g/mol. The largest absolute Gasteiger partial charge is 0.487 e. The van der Waals surface area contributed by atoms with Crippen LogP contribution in [0.15, 0.2) is 53.9 Å². The molecule has 8 heteroatoms. The standard InChI is InChI=1S/C22H19N3O4S/c1-14(21(26)25-20-9-4-3-6-17(20)11-23)29-22(27)16-7-5-8-19(10-16)28-12-18-13-30-15(2)24-18/h3-10,13-14H,12H2,1-2H3,(H,25,26). The van der Waals surface area contributed by atoms with Gasteiger partial charge in [-0.2, -0.15) is 5.26 Å². The molecule has 1 N–H and O–H groups in total. The molecule has 0 radical (unpaired) electrons. The lowest BCUT2D eigenvalue weighted by Gasteiger charge is -2.14. The van der Waals surface area contributed by atoms with E-state index in [2.05, 4.69) is 10.3 Å². The number of para-hydroxylation sites is 1. The quantitative estimate of drug-likeness (QED) is 0.577. The minimum atomic E-state index is -1.05. The molecule has 0 aliphatic rings. The molecule has 152 valence electrons. The Bertz CT molecular complexity index is 1100. The molecule has 0 aliphatic heterocycles. The number of rotatable bonds is 7. The van der Waals surface area contributed by atoms with Gasteiger partial charge in [-0.05, 0) is 44.2 Å². The van der Waals surface area contributed by atoms with Crippen LogP contribution in [0.4, 0.5) is 5.69 Å². The molecule has 7 nitrogen and oxygen atoms in total. The van der Waals surface area contributed by atoms with Gasteiger partial charge in [0.2, 0.25) is 0 Å². The van der Waals surface area contributed by atoms with Crippen molar-refractivity contribution in [2.24, 2.45) is 0 Å². The average Bonchev–Trinajstić information content (AvgIpc) is 3.18. The zero-order valence-electron chi connectivity index (χ0n) is 16.4. The van der Waals surface area contributed by atoms with Gasteiger partial charge in [-0.15, -0.1) is 11.3 Å². The topological polar surface area (TPSA) is 101 Å². The summed E-state index contributed by atoms with van der Waals surface area (Å²) in [5.41, 5.74) is 1.76. The first kappa shape index (κ1) is 21.0. The van der Waals surface area contributed by atoms with Crippen molar-refractivity contribution in [2.45, 2.75) is 26.6 Å². The minimum absolute atomic E-state index is 0.263. The van der Waals surface area contributed by atoms with Crippen molar-refractivity contribution in [2.75, 3.05) is 5.32 Å². The highest BCUT2D eigenvalue weighted by atomic mass is 32.1. The third-order valence-electron chi connectivity index (χ3n) is 4.08. The number of aryl methyl sites for hydroxylation is 1. The summed E-state index contributed by atoms with van der Waals surface area (Å²) in [6, 6.07) is 15.1. The fraction of sp³-hybridized carbons (Fsp3) is 0.182. The Morgan fingerprint density at radius 3 is 2.77 bits per heavy atom. The van der Waals surface area contributed by atoms with E-state index in [0.717, 1.165) is 10.7 Å². The van der Waals surface area contributed by atoms with Gasteiger partial charge in [0, 0.05) is 5.38 Å². The smallest absolute Gasteiger partial charge is 0.339 e. The van der Waals surface area contributed by atoms with Crippen LogP contribution in [0.25, 0.3) is 0 Å². The summed E-state index contributed by atoms with van der Waals surface area (Å²) < 4.78 is 10.9. The molecule has 1 unspecified atom stereocenters. The number of anilines is 1. The fourth-order valence-corrected chi connectivity index (χ4v) is 3.15. The Labute approximate surface area is 177 Å². The van der Waals surface area contributed by atoms with Crippen molar-refractivity contribution >= 4 is 28.9 Å². The second-order valence-electron chi connectivity index (χ2n) is 6.37. The van der Waals surface area contributed by atoms with E-state index >= 15 is 0 Å². The van der Waals surface area contributed by atoms with Crippen LogP contribution in [0.5, 0.6) is 5.75 Å². The number of aromatic nitrogens is 1. The number of nitrogens with one attached hydrogen (secondary N) is 1. The van der Waals surface area contributed by atoms with Crippen LogP contribution in [0.3, 0.4) is 0 Å². The number of esters is 1. The second-order valence-corrected chi connectivity index (χ2v) is 7.43.